The Morgan fingerprint density at radius 1 is 0.985 bits per heavy atom. The second-order valence-corrected chi connectivity index (χ2v) is 16.2. The number of esters is 1. The fourth-order valence-corrected chi connectivity index (χ4v) is 7.68. The van der Waals surface area contributed by atoms with Crippen molar-refractivity contribution in [2.24, 2.45) is 11.1 Å². The number of amides is 7. The average molecular weight is 902 g/mol. The maximum atomic E-state index is 14.0. The minimum atomic E-state index is -1.52. The molecule has 0 bridgehead atoms. The van der Waals surface area contributed by atoms with Crippen LogP contribution in [-0.4, -0.2) is 139 Å². The molecule has 2 aromatic carbocycles. The van der Waals surface area contributed by atoms with E-state index in [1.807, 2.05) is 18.0 Å². The Morgan fingerprint density at radius 2 is 1.65 bits per heavy atom. The number of carboxylic acid groups (broad SMARTS) is 1. The van der Waals surface area contributed by atoms with E-state index >= 15 is 0 Å². The number of likely N-dealkylation sites (tertiary alicyclic amines) is 1. The molecule has 5 rings (SSSR count). The summed E-state index contributed by atoms with van der Waals surface area (Å²) in [5.41, 5.74) is 5.28. The Morgan fingerprint density at radius 3 is 2.23 bits per heavy atom. The number of primary amides is 1. The van der Waals surface area contributed by atoms with Crippen molar-refractivity contribution in [3.63, 3.8) is 0 Å². The van der Waals surface area contributed by atoms with Gasteiger partial charge in [-0.25, -0.2) is 14.4 Å². The van der Waals surface area contributed by atoms with Gasteiger partial charge in [-0.3, -0.25) is 28.9 Å². The third-order valence-corrected chi connectivity index (χ3v) is 11.7. The summed E-state index contributed by atoms with van der Waals surface area (Å²) in [6.45, 7) is 6.69. The number of carbonyl (C=O) groups is 8. The molecule has 0 aromatic heterocycles. The topological polar surface area (TPSA) is 292 Å². The number of piperazine rings is 1. The van der Waals surface area contributed by atoms with Crippen LogP contribution in [0.25, 0.3) is 0 Å². The quantitative estimate of drug-likeness (QED) is 0.0542. The number of carbonyl (C=O) groups excluding carboxylic acids is 7. The number of nitrogens with two attached hydrogens (primary N) is 1. The molecule has 2 saturated heterocycles. The molecule has 3 fully saturated rings. The van der Waals surface area contributed by atoms with Crippen LogP contribution in [0.1, 0.15) is 74.3 Å². The monoisotopic (exact) mass is 901 g/mol. The number of nitrogens with zero attached hydrogens (tertiary/aromatic N) is 4. The van der Waals surface area contributed by atoms with E-state index in [0.717, 1.165) is 4.90 Å². The Kier molecular flexibility index (Phi) is 16.8. The van der Waals surface area contributed by atoms with E-state index in [1.165, 1.54) is 35.2 Å². The molecule has 0 radical (unpaired) electrons. The Balaban J connectivity index is 1.28. The summed E-state index contributed by atoms with van der Waals surface area (Å²) in [5.74, 6) is -3.22. The van der Waals surface area contributed by atoms with Gasteiger partial charge in [-0.05, 0) is 69.5 Å². The molecule has 1 saturated carbocycles. The molecule has 3 aliphatic rings. The van der Waals surface area contributed by atoms with Gasteiger partial charge in [-0.15, -0.1) is 0 Å². The fourth-order valence-electron chi connectivity index (χ4n) is 7.68. The molecule has 348 valence electrons. The number of rotatable bonds is 18. The zero-order valence-corrected chi connectivity index (χ0v) is 36.3. The average Bonchev–Trinajstić information content (AvgIpc) is 3.70. The highest BCUT2D eigenvalue weighted by molar-refractivity contribution is 6.06. The molecule has 21 nitrogen and oxygen atoms in total. The van der Waals surface area contributed by atoms with Crippen molar-refractivity contribution >= 4 is 53.6 Å². The smallest absolute Gasteiger partial charge is 0.465 e. The molecule has 2 aromatic rings. The third kappa shape index (κ3) is 12.7. The maximum Gasteiger partial charge on any atom is 0.509 e. The lowest BCUT2D eigenvalue weighted by molar-refractivity contribution is -0.167. The number of urea groups is 1. The molecule has 5 atom stereocenters. The van der Waals surface area contributed by atoms with Crippen molar-refractivity contribution in [1.29, 1.82) is 5.26 Å². The minimum Gasteiger partial charge on any atom is -0.465 e. The molecule has 2 aliphatic heterocycles. The number of ether oxygens (including phenoxy) is 3. The highest BCUT2D eigenvalue weighted by Crippen LogP contribution is 2.42. The molecular weight excluding hydrogens is 847 g/mol. The summed E-state index contributed by atoms with van der Waals surface area (Å²) in [5, 5.41) is 29.6. The first-order valence-electron chi connectivity index (χ1n) is 21.2. The van der Waals surface area contributed by atoms with E-state index in [2.05, 4.69) is 27.8 Å². The van der Waals surface area contributed by atoms with Gasteiger partial charge < -0.3 is 56.1 Å². The van der Waals surface area contributed by atoms with Gasteiger partial charge in [0.25, 0.3) is 5.91 Å². The molecule has 5 unspecified atom stereocenters. The lowest BCUT2D eigenvalue weighted by Gasteiger charge is -2.38. The maximum absolute atomic E-state index is 14.0. The second kappa shape index (κ2) is 22.4. The first-order valence-corrected chi connectivity index (χ1v) is 21.2. The van der Waals surface area contributed by atoms with Gasteiger partial charge in [0.15, 0.2) is 0 Å². The zero-order chi connectivity index (χ0) is 47.3. The van der Waals surface area contributed by atoms with Gasteiger partial charge in [0.1, 0.15) is 30.2 Å². The first kappa shape index (κ1) is 48.8. The normalized spacial score (nSPS) is 19.1. The number of hydrogen-bond acceptors (Lipinski definition) is 13. The lowest BCUT2D eigenvalue weighted by atomic mass is 9.68. The van der Waals surface area contributed by atoms with Gasteiger partial charge >= 0.3 is 24.2 Å². The predicted octanol–water partition coefficient (Wildman–Crippen LogP) is 2.30. The van der Waals surface area contributed by atoms with Crippen molar-refractivity contribution in [1.82, 2.24) is 30.7 Å². The van der Waals surface area contributed by atoms with Gasteiger partial charge in [0.05, 0.1) is 24.2 Å². The van der Waals surface area contributed by atoms with E-state index in [4.69, 9.17) is 25.2 Å². The molecule has 2 heterocycles. The van der Waals surface area contributed by atoms with Gasteiger partial charge in [0.2, 0.25) is 23.8 Å². The van der Waals surface area contributed by atoms with Crippen molar-refractivity contribution in [2.45, 2.75) is 75.8 Å². The number of nitrogens with one attached hydrogen (secondary N) is 4. The number of benzene rings is 2. The largest absolute Gasteiger partial charge is 0.509 e. The molecule has 65 heavy (non-hydrogen) atoms. The summed E-state index contributed by atoms with van der Waals surface area (Å²) >= 11 is 0. The lowest BCUT2D eigenvalue weighted by Crippen LogP contribution is -2.56. The van der Waals surface area contributed by atoms with Crippen molar-refractivity contribution < 1.29 is 57.7 Å². The number of nitriles is 1. The van der Waals surface area contributed by atoms with Crippen molar-refractivity contribution in [3.8, 4) is 6.07 Å². The van der Waals surface area contributed by atoms with Crippen LogP contribution in [0.4, 0.5) is 20.1 Å². The Labute approximate surface area is 375 Å². The summed E-state index contributed by atoms with van der Waals surface area (Å²) in [6.07, 6.45) is -2.76. The summed E-state index contributed by atoms with van der Waals surface area (Å²) in [6, 6.07) is 10.7. The molecular formula is C44H55N9O12. The highest BCUT2D eigenvalue weighted by atomic mass is 16.7. The summed E-state index contributed by atoms with van der Waals surface area (Å²) in [4.78, 5) is 109. The van der Waals surface area contributed by atoms with Crippen LogP contribution < -0.4 is 27.0 Å². The van der Waals surface area contributed by atoms with Crippen LogP contribution in [-0.2, 0) is 38.2 Å². The van der Waals surface area contributed by atoms with Gasteiger partial charge in [0, 0.05) is 50.4 Å². The van der Waals surface area contributed by atoms with Gasteiger partial charge in [-0.1, -0.05) is 43.3 Å². The van der Waals surface area contributed by atoms with Crippen LogP contribution >= 0.6 is 0 Å². The summed E-state index contributed by atoms with van der Waals surface area (Å²) in [7, 11) is 1.90. The predicted molar refractivity (Wildman–Crippen MR) is 230 cm³/mol. The number of likely N-dealkylation sites (N-methyl/N-ethyl adjacent to an activating group) is 1. The summed E-state index contributed by atoms with van der Waals surface area (Å²) < 4.78 is 16.4. The fraction of sp³-hybridized carbons (Fsp3) is 0.477. The van der Waals surface area contributed by atoms with Crippen molar-refractivity contribution in [2.75, 3.05) is 58.2 Å². The van der Waals surface area contributed by atoms with Gasteiger partial charge in [-0.2, -0.15) is 5.26 Å². The Bertz CT molecular complexity index is 2130. The van der Waals surface area contributed by atoms with Crippen LogP contribution in [0.3, 0.4) is 0 Å². The number of anilines is 1. The van der Waals surface area contributed by atoms with Crippen LogP contribution in [0.15, 0.2) is 61.2 Å². The van der Waals surface area contributed by atoms with Crippen LogP contribution in [0.5, 0.6) is 0 Å². The first-order chi connectivity index (χ1) is 31.0. The minimum absolute atomic E-state index is 0.0552. The standard InChI is InChI=1S/C44H55N9O12/c1-4-23-63-40(58)44(16-6-17-44)39(57)50-33(7-5-18-47-41(46)59)36(54)49-31-14-12-30(13-15-31)35(38(56)52-21-19-51(3)20-22-52)65-43(62)64-32-24-34(53(26-32)42(60)61)37(55)48-27(2)29-10-8-28(25-45)9-11-29/h4,8-15,27,32-35H,1,5-7,16-24,26H2,2-3H3,(H,48,55)(H,49,54)(H,50,57)(H,60,61)(H3,46,47,59). The van der Waals surface area contributed by atoms with E-state index < -0.39 is 83.6 Å². The van der Waals surface area contributed by atoms with E-state index in [9.17, 15) is 43.5 Å². The highest BCUT2D eigenvalue weighted by Gasteiger charge is 2.53. The molecule has 7 N–H and O–H groups in total. The zero-order valence-electron chi connectivity index (χ0n) is 36.3. The molecule has 1 aliphatic carbocycles. The Hall–Kier alpha value is -7.21. The van der Waals surface area contributed by atoms with Crippen LogP contribution in [0, 0.1) is 16.7 Å². The second-order valence-electron chi connectivity index (χ2n) is 16.2. The van der Waals surface area contributed by atoms with E-state index in [-0.39, 0.29) is 63.1 Å². The third-order valence-electron chi connectivity index (χ3n) is 11.7. The SMILES string of the molecule is C=CCOC(=O)C1(C(=O)NC(CCCNC(N)=O)C(=O)Nc2ccc(C(OC(=O)OC3CC(C(=O)NC(C)c4ccc(C#N)cc4)N(C(=O)O)C3)C(=O)N3CCN(C)CC3)cc2)CCC1. The number of hydrogen-bond donors (Lipinski definition) is 6. The van der Waals surface area contributed by atoms with Crippen LogP contribution in [0.2, 0.25) is 0 Å². The molecule has 21 heteroatoms. The molecule has 7 amide bonds. The van der Waals surface area contributed by atoms with E-state index in [1.54, 1.807) is 31.2 Å². The van der Waals surface area contributed by atoms with E-state index in [0.29, 0.717) is 43.7 Å². The van der Waals surface area contributed by atoms with Crippen molar-refractivity contribution in [3.05, 3.63) is 77.9 Å². The molecule has 0 spiro atoms.